The highest BCUT2D eigenvalue weighted by atomic mass is 35.5. The normalized spacial score (nSPS) is 11.2. The fraction of sp³-hybridized carbons (Fsp3) is 0. The highest BCUT2D eigenvalue weighted by molar-refractivity contribution is 6.30. The average Bonchev–Trinajstić information content (AvgIpc) is 3.57. The van der Waals surface area contributed by atoms with Crippen molar-refractivity contribution < 1.29 is 9.15 Å². The molecule has 1 heterocycles. The minimum Gasteiger partial charge on any atom is -0.457 e. The van der Waals surface area contributed by atoms with Gasteiger partial charge in [-0.25, -0.2) is 0 Å². The molecule has 0 aliphatic heterocycles. The summed E-state index contributed by atoms with van der Waals surface area (Å²) in [5, 5.41) is 2.81. The van der Waals surface area contributed by atoms with E-state index in [9.17, 15) is 0 Å². The molecular formula is C48H32ClNO2. The summed E-state index contributed by atoms with van der Waals surface area (Å²) in [6.45, 7) is 0. The second kappa shape index (κ2) is 13.6. The Hall–Kier alpha value is -6.55. The van der Waals surface area contributed by atoms with Gasteiger partial charge in [0.1, 0.15) is 22.7 Å². The molecule has 4 heteroatoms. The van der Waals surface area contributed by atoms with E-state index in [-0.39, 0.29) is 0 Å². The monoisotopic (exact) mass is 689 g/mol. The van der Waals surface area contributed by atoms with Crippen molar-refractivity contribution in [3.63, 3.8) is 0 Å². The molecule has 1 aromatic heterocycles. The second-order valence-corrected chi connectivity index (χ2v) is 13.1. The van der Waals surface area contributed by atoms with E-state index in [1.54, 1.807) is 0 Å². The molecule has 8 aromatic carbocycles. The van der Waals surface area contributed by atoms with E-state index in [2.05, 4.69) is 132 Å². The summed E-state index contributed by atoms with van der Waals surface area (Å²) in [7, 11) is 0. The maximum Gasteiger partial charge on any atom is 0.135 e. The topological polar surface area (TPSA) is 25.6 Å². The van der Waals surface area contributed by atoms with E-state index >= 15 is 0 Å². The lowest BCUT2D eigenvalue weighted by atomic mass is 9.93. The van der Waals surface area contributed by atoms with Gasteiger partial charge in [0, 0.05) is 38.8 Å². The SMILES string of the molecule is Clc1cccc(N(c2ccccc2)c2cc(Oc3cccc(-c4ccccc4)c3-c3ccccc3)cc(-c3ccc4oc5ccccc5c4c3)c2)c1. The van der Waals surface area contributed by atoms with Crippen LogP contribution in [0.25, 0.3) is 55.3 Å². The summed E-state index contributed by atoms with van der Waals surface area (Å²) in [5.74, 6) is 1.47. The number of fused-ring (bicyclic) bond motifs is 3. The summed E-state index contributed by atoms with van der Waals surface area (Å²) >= 11 is 6.60. The van der Waals surface area contributed by atoms with E-state index in [0.29, 0.717) is 10.8 Å². The largest absolute Gasteiger partial charge is 0.457 e. The van der Waals surface area contributed by atoms with Crippen LogP contribution >= 0.6 is 11.6 Å². The predicted octanol–water partition coefficient (Wildman–Crippen LogP) is 14.5. The fourth-order valence-electron chi connectivity index (χ4n) is 6.99. The van der Waals surface area contributed by atoms with Crippen LogP contribution in [0.5, 0.6) is 11.5 Å². The summed E-state index contributed by atoms with van der Waals surface area (Å²) in [5.41, 5.74) is 11.0. The first kappa shape index (κ1) is 31.4. The van der Waals surface area contributed by atoms with Crippen molar-refractivity contribution in [2.45, 2.75) is 0 Å². The van der Waals surface area contributed by atoms with Crippen LogP contribution in [0.2, 0.25) is 5.02 Å². The number of rotatable bonds is 8. The fourth-order valence-corrected chi connectivity index (χ4v) is 7.17. The number of nitrogens with zero attached hydrogens (tertiary/aromatic N) is 1. The van der Waals surface area contributed by atoms with Crippen molar-refractivity contribution in [2.24, 2.45) is 0 Å². The Morgan fingerprint density at radius 3 is 1.88 bits per heavy atom. The minimum absolute atomic E-state index is 0.661. The molecule has 0 aliphatic carbocycles. The predicted molar refractivity (Wildman–Crippen MR) is 216 cm³/mol. The smallest absolute Gasteiger partial charge is 0.135 e. The third-order valence-corrected chi connectivity index (χ3v) is 9.58. The van der Waals surface area contributed by atoms with Gasteiger partial charge in [-0.05, 0) is 94.5 Å². The van der Waals surface area contributed by atoms with E-state index in [1.165, 1.54) is 0 Å². The number of ether oxygens (including phenoxy) is 1. The molecule has 9 rings (SSSR count). The van der Waals surface area contributed by atoms with E-state index < -0.39 is 0 Å². The number of halogens is 1. The lowest BCUT2D eigenvalue weighted by Gasteiger charge is -2.27. The zero-order chi connectivity index (χ0) is 34.9. The van der Waals surface area contributed by atoms with Crippen molar-refractivity contribution in [3.8, 4) is 44.9 Å². The van der Waals surface area contributed by atoms with Crippen molar-refractivity contribution >= 4 is 50.6 Å². The number of furan rings is 1. The lowest BCUT2D eigenvalue weighted by molar-refractivity contribution is 0.485. The first-order valence-corrected chi connectivity index (χ1v) is 17.6. The molecule has 0 N–H and O–H groups in total. The van der Waals surface area contributed by atoms with Crippen molar-refractivity contribution in [1.29, 1.82) is 0 Å². The molecule has 0 spiro atoms. The third kappa shape index (κ3) is 6.08. The zero-order valence-electron chi connectivity index (χ0n) is 28.1. The Morgan fingerprint density at radius 2 is 1.10 bits per heavy atom. The van der Waals surface area contributed by atoms with Crippen molar-refractivity contribution in [3.05, 3.63) is 199 Å². The Kier molecular flexibility index (Phi) is 8.24. The molecule has 0 saturated heterocycles. The van der Waals surface area contributed by atoms with Gasteiger partial charge >= 0.3 is 0 Å². The molecule has 0 aliphatic rings. The maximum atomic E-state index is 7.05. The second-order valence-electron chi connectivity index (χ2n) is 12.7. The highest BCUT2D eigenvalue weighted by Crippen LogP contribution is 2.45. The van der Waals surface area contributed by atoms with Gasteiger partial charge in [0.2, 0.25) is 0 Å². The van der Waals surface area contributed by atoms with E-state index in [1.807, 2.05) is 66.7 Å². The van der Waals surface area contributed by atoms with E-state index in [4.69, 9.17) is 20.8 Å². The first-order valence-electron chi connectivity index (χ1n) is 17.3. The molecule has 0 atom stereocenters. The van der Waals surface area contributed by atoms with Crippen LogP contribution in [-0.2, 0) is 0 Å². The summed E-state index contributed by atoms with van der Waals surface area (Å²) < 4.78 is 13.2. The van der Waals surface area contributed by atoms with Gasteiger partial charge in [-0.15, -0.1) is 0 Å². The molecule has 0 fully saturated rings. The lowest BCUT2D eigenvalue weighted by Crippen LogP contribution is -2.10. The molecular weight excluding hydrogens is 658 g/mol. The van der Waals surface area contributed by atoms with Gasteiger partial charge in [-0.3, -0.25) is 0 Å². The molecule has 0 unspecified atom stereocenters. The van der Waals surface area contributed by atoms with Gasteiger partial charge in [0.15, 0.2) is 0 Å². The zero-order valence-corrected chi connectivity index (χ0v) is 28.9. The first-order chi connectivity index (χ1) is 25.7. The van der Waals surface area contributed by atoms with Crippen LogP contribution in [0.1, 0.15) is 0 Å². The Bertz CT molecular complexity index is 2670. The number of anilines is 3. The van der Waals surface area contributed by atoms with Crippen LogP contribution < -0.4 is 9.64 Å². The maximum absolute atomic E-state index is 7.05. The Labute approximate surface area is 307 Å². The van der Waals surface area contributed by atoms with Crippen LogP contribution in [0.3, 0.4) is 0 Å². The molecule has 0 radical (unpaired) electrons. The summed E-state index contributed by atoms with van der Waals surface area (Å²) in [4.78, 5) is 2.21. The highest BCUT2D eigenvalue weighted by Gasteiger charge is 2.19. The molecule has 0 bridgehead atoms. The average molecular weight is 690 g/mol. The van der Waals surface area contributed by atoms with Crippen LogP contribution in [-0.4, -0.2) is 0 Å². The number of benzene rings is 8. The molecule has 0 saturated carbocycles. The van der Waals surface area contributed by atoms with Crippen LogP contribution in [0.15, 0.2) is 199 Å². The van der Waals surface area contributed by atoms with Gasteiger partial charge in [-0.1, -0.05) is 133 Å². The Balaban J connectivity index is 1.26. The molecule has 52 heavy (non-hydrogen) atoms. The van der Waals surface area contributed by atoms with Gasteiger partial charge in [0.05, 0.1) is 5.69 Å². The van der Waals surface area contributed by atoms with Crippen LogP contribution in [0.4, 0.5) is 17.1 Å². The van der Waals surface area contributed by atoms with Crippen LogP contribution in [0, 0.1) is 0 Å². The van der Waals surface area contributed by atoms with Gasteiger partial charge in [-0.2, -0.15) is 0 Å². The van der Waals surface area contributed by atoms with Crippen molar-refractivity contribution in [2.75, 3.05) is 4.90 Å². The summed E-state index contributed by atoms with van der Waals surface area (Å²) in [6.07, 6.45) is 0. The number of hydrogen-bond acceptors (Lipinski definition) is 3. The summed E-state index contributed by atoms with van der Waals surface area (Å²) in [6, 6.07) is 66.5. The molecule has 0 amide bonds. The number of hydrogen-bond donors (Lipinski definition) is 0. The molecule has 3 nitrogen and oxygen atoms in total. The van der Waals surface area contributed by atoms with Gasteiger partial charge < -0.3 is 14.1 Å². The van der Waals surface area contributed by atoms with Gasteiger partial charge in [0.25, 0.3) is 0 Å². The quantitative estimate of drug-likeness (QED) is 0.159. The number of para-hydroxylation sites is 2. The third-order valence-electron chi connectivity index (χ3n) is 9.34. The van der Waals surface area contributed by atoms with Crippen molar-refractivity contribution in [1.82, 2.24) is 0 Å². The molecule has 9 aromatic rings. The standard InChI is InChI=1S/C48H32ClNO2/c49-37-18-12-21-39(31-37)50(38-19-8-3-9-20-38)40-28-36(35-26-27-46-44(30-35)43-22-10-11-24-45(43)52-46)29-41(32-40)51-47-25-13-23-42(33-14-4-1-5-15-33)48(47)34-16-6-2-7-17-34/h1-32H. The molecule has 248 valence electrons. The van der Waals surface area contributed by atoms with E-state index in [0.717, 1.165) is 78.1 Å². The minimum atomic E-state index is 0.661. The Morgan fingerprint density at radius 1 is 0.423 bits per heavy atom.